The summed E-state index contributed by atoms with van der Waals surface area (Å²) >= 11 is 0. The van der Waals surface area contributed by atoms with Gasteiger partial charge in [0.15, 0.2) is 5.78 Å². The van der Waals surface area contributed by atoms with Crippen LogP contribution < -0.4 is 5.73 Å². The number of Topliss-reactive ketones (excluding diaryl/α,β-unsaturated/α-hetero) is 1. The average Bonchev–Trinajstić information content (AvgIpc) is 2.37. The van der Waals surface area contributed by atoms with Crippen molar-refractivity contribution in [2.45, 2.75) is 13.0 Å². The van der Waals surface area contributed by atoms with Crippen LogP contribution in [0.25, 0.3) is 0 Å². The number of hydrogen-bond donors (Lipinski definition) is 1. The fourth-order valence-electron chi connectivity index (χ4n) is 1.83. The number of benzene rings is 2. The van der Waals surface area contributed by atoms with Crippen molar-refractivity contribution < 1.29 is 13.6 Å². The molecule has 0 heterocycles. The Bertz CT molecular complexity index is 573. The highest BCUT2D eigenvalue weighted by Crippen LogP contribution is 2.12. The highest BCUT2D eigenvalue weighted by molar-refractivity contribution is 5.97. The maximum absolute atomic E-state index is 13.0. The Morgan fingerprint density at radius 2 is 1.53 bits per heavy atom. The second-order valence-corrected chi connectivity index (χ2v) is 4.28. The van der Waals surface area contributed by atoms with E-state index in [1.54, 1.807) is 24.3 Å². The van der Waals surface area contributed by atoms with Crippen LogP contribution in [0.4, 0.5) is 8.78 Å². The zero-order valence-electron chi connectivity index (χ0n) is 10.2. The molecule has 98 valence electrons. The molecule has 4 heteroatoms. The maximum Gasteiger partial charge on any atom is 0.167 e. The summed E-state index contributed by atoms with van der Waals surface area (Å²) in [4.78, 5) is 12.0. The number of halogens is 2. The largest absolute Gasteiger partial charge is 0.326 e. The van der Waals surface area contributed by atoms with Gasteiger partial charge in [-0.1, -0.05) is 24.3 Å². The minimum Gasteiger partial charge on any atom is -0.326 e. The van der Waals surface area contributed by atoms with E-state index in [-0.39, 0.29) is 12.2 Å². The van der Waals surface area contributed by atoms with Crippen molar-refractivity contribution in [2.75, 3.05) is 0 Å². The summed E-state index contributed by atoms with van der Waals surface area (Å²) in [6, 6.07) is 9.97. The van der Waals surface area contributed by atoms with E-state index in [0.29, 0.717) is 17.7 Å². The molecule has 0 atom stereocenters. The molecule has 2 nitrogen and oxygen atoms in total. The van der Waals surface area contributed by atoms with Gasteiger partial charge in [0.1, 0.15) is 11.6 Å². The van der Waals surface area contributed by atoms with Crippen molar-refractivity contribution in [1.29, 1.82) is 0 Å². The normalized spacial score (nSPS) is 10.5. The van der Waals surface area contributed by atoms with Gasteiger partial charge in [-0.25, -0.2) is 8.78 Å². The molecule has 0 saturated carbocycles. The predicted octanol–water partition coefficient (Wildman–Crippen LogP) is 2.85. The summed E-state index contributed by atoms with van der Waals surface area (Å²) in [5.74, 6) is -1.55. The van der Waals surface area contributed by atoms with E-state index in [1.165, 1.54) is 0 Å². The molecule has 0 aromatic heterocycles. The van der Waals surface area contributed by atoms with E-state index in [4.69, 9.17) is 5.73 Å². The van der Waals surface area contributed by atoms with Gasteiger partial charge in [0.05, 0.1) is 0 Å². The number of carbonyl (C=O) groups is 1. The molecule has 2 rings (SSSR count). The fraction of sp³-hybridized carbons (Fsp3) is 0.133. The van der Waals surface area contributed by atoms with Crippen LogP contribution in [-0.4, -0.2) is 5.78 Å². The fourth-order valence-corrected chi connectivity index (χ4v) is 1.83. The number of rotatable bonds is 4. The first-order valence-electron chi connectivity index (χ1n) is 5.85. The lowest BCUT2D eigenvalue weighted by Crippen LogP contribution is -2.05. The molecular formula is C15H13F2NO. The molecule has 2 aromatic carbocycles. The van der Waals surface area contributed by atoms with Crippen molar-refractivity contribution >= 4 is 5.78 Å². The van der Waals surface area contributed by atoms with E-state index in [0.717, 1.165) is 23.8 Å². The van der Waals surface area contributed by atoms with E-state index < -0.39 is 11.6 Å². The minimum atomic E-state index is -0.679. The lowest BCUT2D eigenvalue weighted by molar-refractivity contribution is 0.0993. The Hall–Kier alpha value is -2.07. The molecule has 2 aromatic rings. The lowest BCUT2D eigenvalue weighted by Gasteiger charge is -2.03. The van der Waals surface area contributed by atoms with Crippen molar-refractivity contribution in [3.63, 3.8) is 0 Å². The molecule has 0 aliphatic rings. The smallest absolute Gasteiger partial charge is 0.167 e. The van der Waals surface area contributed by atoms with Gasteiger partial charge in [-0.3, -0.25) is 4.79 Å². The summed E-state index contributed by atoms with van der Waals surface area (Å²) in [7, 11) is 0. The lowest BCUT2D eigenvalue weighted by atomic mass is 10.0. The first kappa shape index (κ1) is 13.4. The van der Waals surface area contributed by atoms with Crippen molar-refractivity contribution in [1.82, 2.24) is 0 Å². The van der Waals surface area contributed by atoms with Gasteiger partial charge >= 0.3 is 0 Å². The molecule has 0 fully saturated rings. The molecule has 0 bridgehead atoms. The van der Waals surface area contributed by atoms with Crippen LogP contribution in [0.3, 0.4) is 0 Å². The van der Waals surface area contributed by atoms with Crippen LogP contribution >= 0.6 is 0 Å². The van der Waals surface area contributed by atoms with Gasteiger partial charge < -0.3 is 5.73 Å². The minimum absolute atomic E-state index is 0.0311. The monoisotopic (exact) mass is 261 g/mol. The molecule has 0 aliphatic heterocycles. The number of hydrogen-bond acceptors (Lipinski definition) is 2. The molecule has 0 saturated heterocycles. The van der Waals surface area contributed by atoms with Crippen molar-refractivity contribution in [3.8, 4) is 0 Å². The van der Waals surface area contributed by atoms with Crippen LogP contribution in [0.1, 0.15) is 21.5 Å². The predicted molar refractivity (Wildman–Crippen MR) is 68.7 cm³/mol. The van der Waals surface area contributed by atoms with Crippen LogP contribution in [0.2, 0.25) is 0 Å². The second-order valence-electron chi connectivity index (χ2n) is 4.28. The van der Waals surface area contributed by atoms with Gasteiger partial charge in [0.2, 0.25) is 0 Å². The van der Waals surface area contributed by atoms with Crippen LogP contribution in [-0.2, 0) is 13.0 Å². The SMILES string of the molecule is NCc1ccc(C(=O)Cc2cc(F)cc(F)c2)cc1. The summed E-state index contributed by atoms with van der Waals surface area (Å²) in [5, 5.41) is 0. The molecule has 0 spiro atoms. The molecule has 0 unspecified atom stereocenters. The zero-order valence-corrected chi connectivity index (χ0v) is 10.2. The molecule has 2 N–H and O–H groups in total. The summed E-state index contributed by atoms with van der Waals surface area (Å²) < 4.78 is 26.0. The third kappa shape index (κ3) is 3.45. The Morgan fingerprint density at radius 1 is 0.947 bits per heavy atom. The first-order chi connectivity index (χ1) is 9.08. The Kier molecular flexibility index (Phi) is 4.02. The topological polar surface area (TPSA) is 43.1 Å². The Balaban J connectivity index is 2.15. The van der Waals surface area contributed by atoms with Gasteiger partial charge in [0, 0.05) is 24.6 Å². The van der Waals surface area contributed by atoms with Crippen LogP contribution in [0, 0.1) is 11.6 Å². The van der Waals surface area contributed by atoms with Gasteiger partial charge in [-0.2, -0.15) is 0 Å². The zero-order chi connectivity index (χ0) is 13.8. The third-order valence-electron chi connectivity index (χ3n) is 2.80. The second kappa shape index (κ2) is 5.71. The molecule has 0 radical (unpaired) electrons. The van der Waals surface area contributed by atoms with Crippen molar-refractivity contribution in [2.24, 2.45) is 5.73 Å². The molecule has 19 heavy (non-hydrogen) atoms. The third-order valence-corrected chi connectivity index (χ3v) is 2.80. The van der Waals surface area contributed by atoms with E-state index in [9.17, 15) is 13.6 Å². The Labute approximate surface area is 109 Å². The summed E-state index contributed by atoms with van der Waals surface area (Å²) in [5.41, 5.74) is 7.22. The quantitative estimate of drug-likeness (QED) is 0.860. The standard InChI is InChI=1S/C15H13F2NO/c16-13-5-11(6-14(17)8-13)7-15(19)12-3-1-10(9-18)2-4-12/h1-6,8H,7,9,18H2. The van der Waals surface area contributed by atoms with E-state index in [1.807, 2.05) is 0 Å². The molecular weight excluding hydrogens is 248 g/mol. The summed E-state index contributed by atoms with van der Waals surface area (Å²) in [6.07, 6.45) is -0.0311. The van der Waals surface area contributed by atoms with Gasteiger partial charge in [-0.05, 0) is 23.3 Å². The van der Waals surface area contributed by atoms with Crippen molar-refractivity contribution in [3.05, 3.63) is 70.8 Å². The summed E-state index contributed by atoms with van der Waals surface area (Å²) in [6.45, 7) is 0.406. The first-order valence-corrected chi connectivity index (χ1v) is 5.85. The number of nitrogens with two attached hydrogens (primary N) is 1. The molecule has 0 aliphatic carbocycles. The van der Waals surface area contributed by atoms with Gasteiger partial charge in [-0.15, -0.1) is 0 Å². The highest BCUT2D eigenvalue weighted by Gasteiger charge is 2.09. The Morgan fingerprint density at radius 3 is 2.05 bits per heavy atom. The van der Waals surface area contributed by atoms with Crippen LogP contribution in [0.15, 0.2) is 42.5 Å². The average molecular weight is 261 g/mol. The molecule has 0 amide bonds. The maximum atomic E-state index is 13.0. The van der Waals surface area contributed by atoms with E-state index in [2.05, 4.69) is 0 Å². The van der Waals surface area contributed by atoms with E-state index >= 15 is 0 Å². The highest BCUT2D eigenvalue weighted by atomic mass is 19.1. The van der Waals surface area contributed by atoms with Gasteiger partial charge in [0.25, 0.3) is 0 Å². The van der Waals surface area contributed by atoms with Crippen LogP contribution in [0.5, 0.6) is 0 Å². The number of carbonyl (C=O) groups excluding carboxylic acids is 1. The number of ketones is 1.